The van der Waals surface area contributed by atoms with Crippen molar-refractivity contribution >= 4 is 28.3 Å². The number of amides is 2. The van der Waals surface area contributed by atoms with Gasteiger partial charge in [-0.15, -0.1) is 11.3 Å². The third-order valence-corrected chi connectivity index (χ3v) is 4.57. The van der Waals surface area contributed by atoms with Gasteiger partial charge in [0, 0.05) is 24.5 Å². The highest BCUT2D eigenvalue weighted by Gasteiger charge is 2.22. The largest absolute Gasteiger partial charge is 0.333 e. The van der Waals surface area contributed by atoms with Gasteiger partial charge in [0.15, 0.2) is 5.13 Å². The number of anilines is 1. The Kier molecular flexibility index (Phi) is 9.22. The molecule has 1 atom stereocenters. The highest BCUT2D eigenvalue weighted by atomic mass is 32.1. The topological polar surface area (TPSA) is 65.5 Å². The first-order valence-corrected chi connectivity index (χ1v) is 10.1. The molecule has 7 heteroatoms. The summed E-state index contributed by atoms with van der Waals surface area (Å²) in [6, 6.07) is 0. The molecule has 0 aliphatic carbocycles. The molecule has 0 saturated heterocycles. The van der Waals surface area contributed by atoms with Crippen LogP contribution in [0, 0.1) is 11.3 Å². The number of nitrogens with zero attached hydrogens (tertiary/aromatic N) is 3. The van der Waals surface area contributed by atoms with E-state index in [1.807, 2.05) is 19.5 Å². The molecule has 1 heterocycles. The second-order valence-electron chi connectivity index (χ2n) is 8.43. The zero-order valence-corrected chi connectivity index (χ0v) is 17.9. The Morgan fingerprint density at radius 2 is 1.96 bits per heavy atom. The molecule has 0 aromatic carbocycles. The van der Waals surface area contributed by atoms with E-state index in [0.29, 0.717) is 24.0 Å². The average molecular weight is 383 g/mol. The van der Waals surface area contributed by atoms with Gasteiger partial charge in [-0.25, -0.2) is 4.98 Å². The van der Waals surface area contributed by atoms with Gasteiger partial charge in [0.1, 0.15) is 0 Å². The summed E-state index contributed by atoms with van der Waals surface area (Å²) in [6.07, 6.45) is 3.95. The molecule has 6 nitrogen and oxygen atoms in total. The van der Waals surface area contributed by atoms with Gasteiger partial charge in [-0.1, -0.05) is 27.7 Å². The molecule has 148 valence electrons. The predicted octanol–water partition coefficient (Wildman–Crippen LogP) is 3.32. The van der Waals surface area contributed by atoms with Crippen LogP contribution < -0.4 is 5.32 Å². The fourth-order valence-electron chi connectivity index (χ4n) is 3.03. The van der Waals surface area contributed by atoms with Crippen molar-refractivity contribution in [3.63, 3.8) is 0 Å². The van der Waals surface area contributed by atoms with Crippen molar-refractivity contribution in [2.75, 3.05) is 39.0 Å². The first-order valence-electron chi connectivity index (χ1n) is 9.18. The molecule has 1 rings (SSSR count). The monoisotopic (exact) mass is 382 g/mol. The van der Waals surface area contributed by atoms with E-state index < -0.39 is 0 Å². The summed E-state index contributed by atoms with van der Waals surface area (Å²) in [5, 5.41) is 5.14. The minimum Gasteiger partial charge on any atom is -0.333 e. The normalized spacial score (nSPS) is 12.9. The van der Waals surface area contributed by atoms with Crippen LogP contribution in [0.2, 0.25) is 0 Å². The van der Waals surface area contributed by atoms with Crippen molar-refractivity contribution in [1.82, 2.24) is 14.8 Å². The third kappa shape index (κ3) is 9.87. The number of nitrogens with one attached hydrogen (secondary N) is 1. The van der Waals surface area contributed by atoms with Gasteiger partial charge in [0.2, 0.25) is 11.8 Å². The minimum absolute atomic E-state index is 0.0507. The summed E-state index contributed by atoms with van der Waals surface area (Å²) >= 11 is 1.37. The van der Waals surface area contributed by atoms with E-state index in [4.69, 9.17) is 0 Å². The van der Waals surface area contributed by atoms with Crippen LogP contribution in [-0.2, 0) is 9.59 Å². The number of aromatic nitrogens is 1. The van der Waals surface area contributed by atoms with Gasteiger partial charge < -0.3 is 15.1 Å². The minimum atomic E-state index is -0.193. The molecular formula is C19H34N4O2S. The summed E-state index contributed by atoms with van der Waals surface area (Å²) in [5.74, 6) is 0.150. The Morgan fingerprint density at radius 3 is 2.50 bits per heavy atom. The molecule has 0 aliphatic heterocycles. The number of hydrogen-bond acceptors (Lipinski definition) is 5. The summed E-state index contributed by atoms with van der Waals surface area (Å²) in [7, 11) is 4.01. The number of carbonyl (C=O) groups excluding carboxylic acids is 2. The molecule has 0 bridgehead atoms. The van der Waals surface area contributed by atoms with Crippen LogP contribution in [0.5, 0.6) is 0 Å². The van der Waals surface area contributed by atoms with Crippen LogP contribution >= 0.6 is 11.3 Å². The van der Waals surface area contributed by atoms with Crippen LogP contribution in [0.1, 0.15) is 47.0 Å². The van der Waals surface area contributed by atoms with Crippen LogP contribution in [0.15, 0.2) is 11.6 Å². The smallest absolute Gasteiger partial charge is 0.245 e. The molecule has 1 N–H and O–H groups in total. The maximum atomic E-state index is 12.8. The molecule has 0 saturated carbocycles. The molecule has 0 unspecified atom stereocenters. The van der Waals surface area contributed by atoms with Gasteiger partial charge in [0.05, 0.1) is 6.54 Å². The van der Waals surface area contributed by atoms with E-state index in [0.717, 1.165) is 19.4 Å². The van der Waals surface area contributed by atoms with E-state index in [9.17, 15) is 9.59 Å². The zero-order valence-electron chi connectivity index (χ0n) is 17.0. The molecule has 0 spiro atoms. The second-order valence-corrected chi connectivity index (χ2v) is 9.33. The lowest BCUT2D eigenvalue weighted by atomic mass is 9.84. The number of thiazole rings is 1. The van der Waals surface area contributed by atoms with Crippen molar-refractivity contribution in [3.05, 3.63) is 11.6 Å². The molecule has 26 heavy (non-hydrogen) atoms. The van der Waals surface area contributed by atoms with Gasteiger partial charge in [0.25, 0.3) is 0 Å². The Morgan fingerprint density at radius 1 is 1.27 bits per heavy atom. The van der Waals surface area contributed by atoms with Crippen molar-refractivity contribution in [1.29, 1.82) is 0 Å². The Labute approximate surface area is 162 Å². The highest BCUT2D eigenvalue weighted by molar-refractivity contribution is 7.13. The van der Waals surface area contributed by atoms with Crippen LogP contribution in [-0.4, -0.2) is 60.3 Å². The standard InChI is InChI=1S/C19H34N4O2S/c1-15(13-19(2,3)4)12-17(25)23(10-7-9-22(5)6)14-16(24)21-18-20-8-11-26-18/h8,11,15H,7,9-10,12-14H2,1-6H3,(H,20,21,24)/t15-/m0/s1. The molecule has 0 aliphatic rings. The number of rotatable bonds is 10. The van der Waals surface area contributed by atoms with Gasteiger partial charge in [-0.05, 0) is 44.8 Å². The lowest BCUT2D eigenvalue weighted by Crippen LogP contribution is -2.40. The third-order valence-electron chi connectivity index (χ3n) is 3.88. The average Bonchev–Trinajstić information content (AvgIpc) is 2.96. The quantitative estimate of drug-likeness (QED) is 0.674. The van der Waals surface area contributed by atoms with Gasteiger partial charge in [-0.3, -0.25) is 9.59 Å². The lowest BCUT2D eigenvalue weighted by Gasteiger charge is -2.27. The molecule has 2 amide bonds. The van der Waals surface area contributed by atoms with E-state index in [1.165, 1.54) is 11.3 Å². The first-order chi connectivity index (χ1) is 12.1. The number of hydrogen-bond donors (Lipinski definition) is 1. The van der Waals surface area contributed by atoms with Crippen molar-refractivity contribution in [2.45, 2.75) is 47.0 Å². The van der Waals surface area contributed by atoms with E-state index >= 15 is 0 Å². The fraction of sp³-hybridized carbons (Fsp3) is 0.737. The van der Waals surface area contributed by atoms with E-state index in [-0.39, 0.29) is 23.8 Å². The van der Waals surface area contributed by atoms with Crippen molar-refractivity contribution in [2.24, 2.45) is 11.3 Å². The first kappa shape index (κ1) is 22.6. The molecule has 0 fully saturated rings. The maximum Gasteiger partial charge on any atom is 0.245 e. The van der Waals surface area contributed by atoms with Crippen molar-refractivity contribution in [3.8, 4) is 0 Å². The van der Waals surface area contributed by atoms with Crippen LogP contribution in [0.3, 0.4) is 0 Å². The van der Waals surface area contributed by atoms with Crippen LogP contribution in [0.4, 0.5) is 5.13 Å². The predicted molar refractivity (Wildman–Crippen MR) is 108 cm³/mol. The van der Waals surface area contributed by atoms with Crippen molar-refractivity contribution < 1.29 is 9.59 Å². The summed E-state index contributed by atoms with van der Waals surface area (Å²) in [6.45, 7) is 10.2. The van der Waals surface area contributed by atoms with Gasteiger partial charge in [-0.2, -0.15) is 0 Å². The summed E-state index contributed by atoms with van der Waals surface area (Å²) in [5.41, 5.74) is 0.192. The molecule has 1 aromatic rings. The zero-order chi connectivity index (χ0) is 19.7. The maximum absolute atomic E-state index is 12.8. The molecular weight excluding hydrogens is 348 g/mol. The SMILES string of the molecule is C[C@@H](CC(=O)N(CCCN(C)C)CC(=O)Nc1nccs1)CC(C)(C)C. The Balaban J connectivity index is 2.63. The van der Waals surface area contributed by atoms with Gasteiger partial charge >= 0.3 is 0 Å². The van der Waals surface area contributed by atoms with Crippen LogP contribution in [0.25, 0.3) is 0 Å². The molecule has 0 radical (unpaired) electrons. The number of carbonyl (C=O) groups is 2. The second kappa shape index (κ2) is 10.6. The Hall–Kier alpha value is -1.47. The van der Waals surface area contributed by atoms with E-state index in [1.54, 1.807) is 11.1 Å². The van der Waals surface area contributed by atoms with E-state index in [2.05, 4.69) is 42.9 Å². The molecule has 1 aromatic heterocycles. The summed E-state index contributed by atoms with van der Waals surface area (Å²) in [4.78, 5) is 32.9. The summed E-state index contributed by atoms with van der Waals surface area (Å²) < 4.78 is 0. The lowest BCUT2D eigenvalue weighted by molar-refractivity contribution is -0.135. The fourth-order valence-corrected chi connectivity index (χ4v) is 3.58. The Bertz CT molecular complexity index is 552. The highest BCUT2D eigenvalue weighted by Crippen LogP contribution is 2.26.